The molecule has 0 saturated heterocycles. The Balaban J connectivity index is -0.000000135. The van der Waals surface area contributed by atoms with Crippen molar-refractivity contribution < 1.29 is 0 Å². The summed E-state index contributed by atoms with van der Waals surface area (Å²) in [6, 6.07) is 0. The van der Waals surface area contributed by atoms with Crippen molar-refractivity contribution in [2.24, 2.45) is 151 Å². The molecule has 119 heavy (non-hydrogen) atoms. The molecule has 5 aliphatic rings. The van der Waals surface area contributed by atoms with Gasteiger partial charge in [0.1, 0.15) is 0 Å². The minimum absolute atomic E-state index is 0. The lowest BCUT2D eigenvalue weighted by Gasteiger charge is -2.42. The normalized spacial score (nSPS) is 17.8. The molecule has 0 bridgehead atoms. The van der Waals surface area contributed by atoms with Crippen LogP contribution in [0.15, 0.2) is 0 Å². The fourth-order valence-corrected chi connectivity index (χ4v) is 17.8. The minimum Gasteiger partial charge on any atom is -0.0776 e. The number of rotatable bonds is 37. The van der Waals surface area contributed by atoms with Gasteiger partial charge in [-0.25, -0.2) is 0 Å². The first kappa shape index (κ1) is 139. The second kappa shape index (κ2) is 86.1. The minimum atomic E-state index is 0. The highest BCUT2D eigenvalue weighted by atomic mass is 14.5. The van der Waals surface area contributed by atoms with Crippen LogP contribution in [-0.2, 0) is 0 Å². The monoisotopic (exact) mass is 1690 g/mol. The second-order valence-electron chi connectivity index (χ2n) is 46.0. The topological polar surface area (TPSA) is 0 Å². The summed E-state index contributed by atoms with van der Waals surface area (Å²) in [6.07, 6.45) is 62.4. The molecule has 5 fully saturated rings. The van der Waals surface area contributed by atoms with E-state index in [0.29, 0.717) is 16.2 Å². The second-order valence-corrected chi connectivity index (χ2v) is 46.0. The molecule has 0 aromatic carbocycles. The van der Waals surface area contributed by atoms with Crippen LogP contribution < -0.4 is 0 Å². The van der Waals surface area contributed by atoms with E-state index in [9.17, 15) is 0 Å². The molecule has 5 saturated carbocycles. The zero-order chi connectivity index (χ0) is 92.7. The third kappa shape index (κ3) is 77.6. The van der Waals surface area contributed by atoms with E-state index < -0.39 is 0 Å². The predicted molar refractivity (Wildman–Crippen MR) is 569 cm³/mol. The van der Waals surface area contributed by atoms with E-state index in [0.717, 1.165) is 135 Å². The molecule has 734 valence electrons. The van der Waals surface area contributed by atoms with Crippen LogP contribution in [0.25, 0.3) is 0 Å². The maximum absolute atomic E-state index is 2.48. The molecule has 6 unspecified atom stereocenters. The molecule has 0 radical (unpaired) electrons. The highest BCUT2D eigenvalue weighted by molar-refractivity contribution is 4.91. The van der Waals surface area contributed by atoms with Gasteiger partial charge in [-0.3, -0.25) is 0 Å². The summed E-state index contributed by atoms with van der Waals surface area (Å²) in [7, 11) is 0. The van der Waals surface area contributed by atoms with E-state index in [1.54, 1.807) is 0 Å². The average Bonchev–Trinajstić information content (AvgIpc) is 1.79. The molecule has 0 heterocycles. The van der Waals surface area contributed by atoms with Crippen molar-refractivity contribution in [1.82, 2.24) is 0 Å². The van der Waals surface area contributed by atoms with Gasteiger partial charge in [-0.2, -0.15) is 0 Å². The SMILES string of the molecule is C.C.CC(C)C1(C)CC1.CC(C)C1(C)CCC1.CC(C)C1(C)CCCC1.CC(C)C1(C)CCCCC1.CC(C)C1(C)CCCCCC1.CCC(C)C(C)C.CCC(CC)C(C)C.CCCC(C)C(C)C.CCCC(CC)C(C)C.CCCC(CC)C(C)C.CCCC(CCC)C(C)C.CCCCC(CC)C(C)C.CCCCC(CCC)C(C)C. The molecule has 0 aromatic heterocycles. The maximum Gasteiger partial charge on any atom is -0.0302 e. The Bertz CT molecular complexity index is 1850. The Hall–Kier alpha value is 0. The number of hydrogen-bond donors (Lipinski definition) is 0. The molecule has 0 spiro atoms. The van der Waals surface area contributed by atoms with Gasteiger partial charge in [0.2, 0.25) is 0 Å². The first-order valence-corrected chi connectivity index (χ1v) is 54.4. The molecule has 6 atom stereocenters. The van der Waals surface area contributed by atoms with Gasteiger partial charge < -0.3 is 0 Å². The smallest absolute Gasteiger partial charge is 0.0302 e. The highest BCUT2D eigenvalue weighted by Crippen LogP contribution is 2.51. The Morgan fingerprint density at radius 3 is 0.479 bits per heavy atom. The fraction of sp³-hybridized carbons (Fsp3) is 1.00. The lowest BCUT2D eigenvalue weighted by atomic mass is 9.64. The predicted octanol–water partition coefficient (Wildman–Crippen LogP) is 45.1. The molecule has 5 rings (SSSR count). The van der Waals surface area contributed by atoms with Crippen molar-refractivity contribution in [3.63, 3.8) is 0 Å². The van der Waals surface area contributed by atoms with Crippen LogP contribution in [0.5, 0.6) is 0 Å². The van der Waals surface area contributed by atoms with Crippen molar-refractivity contribution in [1.29, 1.82) is 0 Å². The van der Waals surface area contributed by atoms with Crippen molar-refractivity contribution in [2.75, 3.05) is 0 Å². The van der Waals surface area contributed by atoms with Crippen LogP contribution in [0.1, 0.15) is 623 Å². The molecule has 0 aromatic rings. The van der Waals surface area contributed by atoms with Gasteiger partial charge in [0, 0.05) is 0 Å². The molecule has 5 aliphatic carbocycles. The van der Waals surface area contributed by atoms with Crippen LogP contribution in [0, 0.1) is 151 Å². The summed E-state index contributed by atoms with van der Waals surface area (Å²) in [5, 5.41) is 0. The fourth-order valence-electron chi connectivity index (χ4n) is 17.8. The Morgan fingerprint density at radius 1 is 0.168 bits per heavy atom. The molecule has 0 nitrogen and oxygen atoms in total. The van der Waals surface area contributed by atoms with E-state index in [1.165, 1.54) is 283 Å². The van der Waals surface area contributed by atoms with Crippen molar-refractivity contribution in [3.8, 4) is 0 Å². The van der Waals surface area contributed by atoms with E-state index in [4.69, 9.17) is 0 Å². The summed E-state index contributed by atoms with van der Waals surface area (Å²) >= 11 is 0. The average molecular weight is 1690 g/mol. The lowest BCUT2D eigenvalue weighted by Crippen LogP contribution is -2.30. The van der Waals surface area contributed by atoms with Crippen LogP contribution in [-0.4, -0.2) is 0 Å². The summed E-state index contributed by atoms with van der Waals surface area (Å²) < 4.78 is 0. The van der Waals surface area contributed by atoms with E-state index in [2.05, 4.69) is 325 Å². The highest BCUT2D eigenvalue weighted by Gasteiger charge is 2.40. The quantitative estimate of drug-likeness (QED) is 0.0544. The Labute approximate surface area is 769 Å². The Morgan fingerprint density at radius 2 is 0.353 bits per heavy atom. The largest absolute Gasteiger partial charge is 0.0776 e. The van der Waals surface area contributed by atoms with E-state index in [-0.39, 0.29) is 14.9 Å². The zero-order valence-corrected chi connectivity index (χ0v) is 92.7. The van der Waals surface area contributed by atoms with E-state index in [1.807, 2.05) is 0 Å². The lowest BCUT2D eigenvalue weighted by molar-refractivity contribution is 0.0934. The van der Waals surface area contributed by atoms with Gasteiger partial charge in [-0.15, -0.1) is 0 Å². The standard InChI is InChI=1S/C11H22.C11H24.C10H20.2C10H22.C9H18.2C9H20.C8H16.2C8H18.C7H14.C7H16.2CH4/c1-10(2)11(3)8-6-4-5-7-9-11;1-5-7-9-11(8-6-2)10(3)4;1-9(2)10(3)7-5-4-6-8-10;1-5-7-8-10(6-2)9(3)4;1-5-7-10(8-6-2)9(3)4;1-8(2)9(3)6-4-5-7-9;2*1-5-7-9(6-2)8(3)4;1-7(2)8(3)5-4-6-8;1-5-6-8(4)7(2)3;1-5-8(6-2)7(3)4;1-6(2)7(3)4-5-7;1-5-7(4)6(2)3;;/h10H,4-9H2,1-3H3;10-11H,5-9H2,1-4H3;9H,4-8H2,1-3H3;2*9-10H,5-8H2,1-4H3;8H,4-7H2,1-3H3;2*8-9H,5-7H2,1-4H3;7H,4-6H2,1-3H3;2*7-8H,5-6H2,1-4H3;6H,4-5H2,1-3H3;6-7H,5H2,1-4H3;2*1H4. The zero-order valence-electron chi connectivity index (χ0n) is 92.7. The third-order valence-corrected chi connectivity index (χ3v) is 32.6. The van der Waals surface area contributed by atoms with Gasteiger partial charge in [0.25, 0.3) is 0 Å². The van der Waals surface area contributed by atoms with Gasteiger partial charge in [0.05, 0.1) is 0 Å². The van der Waals surface area contributed by atoms with Crippen molar-refractivity contribution in [3.05, 3.63) is 0 Å². The van der Waals surface area contributed by atoms with Crippen LogP contribution >= 0.6 is 0 Å². The molecule has 0 aliphatic heterocycles. The van der Waals surface area contributed by atoms with Crippen LogP contribution in [0.4, 0.5) is 0 Å². The molecule has 0 amide bonds. The maximum atomic E-state index is 2.48. The molecule has 0 heteroatoms. The van der Waals surface area contributed by atoms with Crippen LogP contribution in [0.2, 0.25) is 0 Å². The first-order valence-electron chi connectivity index (χ1n) is 54.4. The first-order chi connectivity index (χ1) is 54.4. The third-order valence-electron chi connectivity index (χ3n) is 32.6. The summed E-state index contributed by atoms with van der Waals surface area (Å²) in [4.78, 5) is 0. The van der Waals surface area contributed by atoms with Gasteiger partial charge in [0.15, 0.2) is 0 Å². The molecular weight excluding hydrogens is 1430 g/mol. The van der Waals surface area contributed by atoms with Gasteiger partial charge >= 0.3 is 0 Å². The van der Waals surface area contributed by atoms with E-state index >= 15 is 0 Å². The number of hydrogen-bond acceptors (Lipinski definition) is 0. The van der Waals surface area contributed by atoms with Crippen LogP contribution in [0.3, 0.4) is 0 Å². The Kier molecular flexibility index (Phi) is 101. The van der Waals surface area contributed by atoms with Crippen molar-refractivity contribution >= 4 is 0 Å². The summed E-state index contributed by atoms with van der Waals surface area (Å²) in [5.41, 5.74) is 3.51. The molecule has 0 N–H and O–H groups in total. The van der Waals surface area contributed by atoms with Crippen molar-refractivity contribution in [2.45, 2.75) is 623 Å². The summed E-state index contributed by atoms with van der Waals surface area (Å²) in [5.74, 6) is 19.2. The summed E-state index contributed by atoms with van der Waals surface area (Å²) in [6.45, 7) is 109. The van der Waals surface area contributed by atoms with Gasteiger partial charge in [-0.1, -0.05) is 559 Å². The van der Waals surface area contributed by atoms with Gasteiger partial charge in [-0.05, 0) is 216 Å². The molecular formula is C119H258. The number of unbranched alkanes of at least 4 members (excludes halogenated alkanes) is 2.